The average molecular weight is 444 g/mol. The molecule has 1 N–H and O–H groups in total. The van der Waals surface area contributed by atoms with Crippen LogP contribution in [0.3, 0.4) is 0 Å². The molecule has 0 unspecified atom stereocenters. The van der Waals surface area contributed by atoms with Crippen molar-refractivity contribution in [3.05, 3.63) is 53.2 Å². The Bertz CT molecular complexity index is 1200. The number of hydrogen-bond donors (Lipinski definition) is 1. The van der Waals surface area contributed by atoms with Crippen molar-refractivity contribution in [3.8, 4) is 11.1 Å². The van der Waals surface area contributed by atoms with Crippen LogP contribution in [0.4, 0.5) is 15.5 Å². The molecule has 0 aliphatic carbocycles. The lowest BCUT2D eigenvalue weighted by Gasteiger charge is -2.31. The van der Waals surface area contributed by atoms with E-state index in [9.17, 15) is 4.39 Å². The molecule has 1 aliphatic rings. The Kier molecular flexibility index (Phi) is 5.00. The molecule has 1 fully saturated rings. The van der Waals surface area contributed by atoms with Gasteiger partial charge in [0.05, 0.1) is 5.02 Å². The molecule has 154 valence electrons. The van der Waals surface area contributed by atoms with Crippen LogP contribution in [-0.4, -0.2) is 43.1 Å². The SMILES string of the molecule is Cc1nsc(N2CCC(Nc3nc4c(-c5ccc(F)c(Cl)c5)cccn4n3)CC2)n1. The lowest BCUT2D eigenvalue weighted by atomic mass is 10.1. The van der Waals surface area contributed by atoms with Crippen molar-refractivity contribution in [2.24, 2.45) is 0 Å². The second kappa shape index (κ2) is 7.81. The van der Waals surface area contributed by atoms with Crippen LogP contribution in [0.2, 0.25) is 5.02 Å². The first-order chi connectivity index (χ1) is 14.6. The average Bonchev–Trinajstić information content (AvgIpc) is 3.36. The largest absolute Gasteiger partial charge is 0.350 e. The van der Waals surface area contributed by atoms with Gasteiger partial charge < -0.3 is 10.2 Å². The number of halogens is 2. The Labute approximate surface area is 181 Å². The molecule has 7 nitrogen and oxygen atoms in total. The first-order valence-corrected chi connectivity index (χ1v) is 10.8. The third-order valence-electron chi connectivity index (χ3n) is 5.21. The summed E-state index contributed by atoms with van der Waals surface area (Å²) >= 11 is 7.41. The molecule has 0 saturated carbocycles. The highest BCUT2D eigenvalue weighted by molar-refractivity contribution is 7.09. The predicted octanol–water partition coefficient (Wildman–Crippen LogP) is 4.43. The molecule has 0 radical (unpaired) electrons. The van der Waals surface area contributed by atoms with Gasteiger partial charge in [0.1, 0.15) is 11.6 Å². The van der Waals surface area contributed by atoms with Crippen molar-refractivity contribution in [2.45, 2.75) is 25.8 Å². The number of nitrogens with zero attached hydrogens (tertiary/aromatic N) is 6. The van der Waals surface area contributed by atoms with E-state index in [1.165, 1.54) is 17.6 Å². The smallest absolute Gasteiger partial charge is 0.243 e. The zero-order valence-electron chi connectivity index (χ0n) is 16.2. The van der Waals surface area contributed by atoms with Crippen LogP contribution in [0, 0.1) is 12.7 Å². The van der Waals surface area contributed by atoms with Crippen molar-refractivity contribution < 1.29 is 4.39 Å². The van der Waals surface area contributed by atoms with Crippen LogP contribution in [0.1, 0.15) is 18.7 Å². The molecule has 4 aromatic rings. The third-order valence-corrected chi connectivity index (χ3v) is 6.37. The van der Waals surface area contributed by atoms with Gasteiger partial charge in [0, 0.05) is 42.4 Å². The van der Waals surface area contributed by atoms with Crippen LogP contribution in [0.15, 0.2) is 36.5 Å². The number of rotatable bonds is 4. The third kappa shape index (κ3) is 3.70. The number of piperidine rings is 1. The number of fused-ring (bicyclic) bond motifs is 1. The number of aryl methyl sites for hydroxylation is 1. The van der Waals surface area contributed by atoms with Gasteiger partial charge in [-0.3, -0.25) is 0 Å². The molecule has 0 bridgehead atoms. The summed E-state index contributed by atoms with van der Waals surface area (Å²) < 4.78 is 19.5. The van der Waals surface area contributed by atoms with Crippen molar-refractivity contribution in [2.75, 3.05) is 23.3 Å². The highest BCUT2D eigenvalue weighted by Crippen LogP contribution is 2.28. The van der Waals surface area contributed by atoms with E-state index < -0.39 is 5.82 Å². The number of benzene rings is 1. The summed E-state index contributed by atoms with van der Waals surface area (Å²) in [5.74, 6) is 0.967. The van der Waals surface area contributed by atoms with Gasteiger partial charge in [-0.25, -0.2) is 13.9 Å². The van der Waals surface area contributed by atoms with E-state index in [0.717, 1.165) is 48.0 Å². The lowest BCUT2D eigenvalue weighted by Crippen LogP contribution is -2.39. The fourth-order valence-electron chi connectivity index (χ4n) is 3.67. The quantitative estimate of drug-likeness (QED) is 0.503. The van der Waals surface area contributed by atoms with Crippen LogP contribution in [0.25, 0.3) is 16.8 Å². The Morgan fingerprint density at radius 2 is 2.03 bits per heavy atom. The summed E-state index contributed by atoms with van der Waals surface area (Å²) in [4.78, 5) is 11.4. The normalized spacial score (nSPS) is 15.1. The Hall–Kier alpha value is -2.78. The van der Waals surface area contributed by atoms with Crippen LogP contribution in [0.5, 0.6) is 0 Å². The van der Waals surface area contributed by atoms with E-state index >= 15 is 0 Å². The molecule has 5 rings (SSSR count). The van der Waals surface area contributed by atoms with Crippen LogP contribution >= 0.6 is 23.1 Å². The van der Waals surface area contributed by atoms with Crippen molar-refractivity contribution >= 4 is 39.9 Å². The first kappa shape index (κ1) is 19.2. The zero-order valence-corrected chi connectivity index (χ0v) is 17.8. The van der Waals surface area contributed by atoms with Gasteiger partial charge in [0.2, 0.25) is 11.1 Å². The summed E-state index contributed by atoms with van der Waals surface area (Å²) in [6.07, 6.45) is 3.78. The van der Waals surface area contributed by atoms with E-state index in [0.29, 0.717) is 11.6 Å². The standard InChI is InChI=1S/C20H19ClFN7S/c1-12-23-20(30-27-12)28-9-6-14(7-10-28)24-19-25-18-15(3-2-8-29(18)26-19)13-4-5-17(22)16(21)11-13/h2-5,8,11,14H,6-7,9-10H2,1H3,(H,24,26). The van der Waals surface area contributed by atoms with Gasteiger partial charge in [-0.05, 0) is 49.6 Å². The van der Waals surface area contributed by atoms with Crippen molar-refractivity contribution in [1.29, 1.82) is 0 Å². The lowest BCUT2D eigenvalue weighted by molar-refractivity contribution is 0.523. The maximum atomic E-state index is 13.5. The molecule has 1 aliphatic heterocycles. The minimum absolute atomic E-state index is 0.0877. The topological polar surface area (TPSA) is 71.2 Å². The highest BCUT2D eigenvalue weighted by atomic mass is 35.5. The van der Waals surface area contributed by atoms with Gasteiger partial charge in [-0.15, -0.1) is 5.10 Å². The second-order valence-corrected chi connectivity index (χ2v) is 8.42. The van der Waals surface area contributed by atoms with E-state index in [-0.39, 0.29) is 11.1 Å². The van der Waals surface area contributed by atoms with Crippen molar-refractivity contribution in [1.82, 2.24) is 24.0 Å². The minimum Gasteiger partial charge on any atom is -0.350 e. The number of anilines is 2. The van der Waals surface area contributed by atoms with Gasteiger partial charge >= 0.3 is 0 Å². The van der Waals surface area contributed by atoms with Gasteiger partial charge in [-0.1, -0.05) is 17.7 Å². The summed E-state index contributed by atoms with van der Waals surface area (Å²) in [6.45, 7) is 3.75. The Balaban J connectivity index is 1.33. The minimum atomic E-state index is -0.439. The number of pyridine rings is 1. The molecule has 0 amide bonds. The second-order valence-electron chi connectivity index (χ2n) is 7.28. The van der Waals surface area contributed by atoms with E-state index in [2.05, 4.69) is 29.7 Å². The van der Waals surface area contributed by atoms with Crippen LogP contribution in [-0.2, 0) is 0 Å². The van der Waals surface area contributed by atoms with Gasteiger partial charge in [0.25, 0.3) is 0 Å². The predicted molar refractivity (Wildman–Crippen MR) is 117 cm³/mol. The first-order valence-electron chi connectivity index (χ1n) is 9.69. The summed E-state index contributed by atoms with van der Waals surface area (Å²) in [5, 5.41) is 9.10. The molecule has 0 spiro atoms. The Morgan fingerprint density at radius 3 is 2.77 bits per heavy atom. The number of nitrogens with one attached hydrogen (secondary N) is 1. The van der Waals surface area contributed by atoms with E-state index in [4.69, 9.17) is 11.6 Å². The van der Waals surface area contributed by atoms with E-state index in [1.807, 2.05) is 25.3 Å². The molecular formula is C20H19ClFN7S. The monoisotopic (exact) mass is 443 g/mol. The molecule has 10 heteroatoms. The molecule has 4 heterocycles. The molecule has 30 heavy (non-hydrogen) atoms. The maximum absolute atomic E-state index is 13.5. The maximum Gasteiger partial charge on any atom is 0.243 e. The summed E-state index contributed by atoms with van der Waals surface area (Å²) in [7, 11) is 0. The fraction of sp³-hybridized carbons (Fsp3) is 0.300. The Morgan fingerprint density at radius 1 is 1.20 bits per heavy atom. The van der Waals surface area contributed by atoms with E-state index in [1.54, 1.807) is 16.6 Å². The summed E-state index contributed by atoms with van der Waals surface area (Å²) in [5.41, 5.74) is 2.34. The molecule has 0 atom stereocenters. The van der Waals surface area contributed by atoms with Gasteiger partial charge in [-0.2, -0.15) is 9.36 Å². The van der Waals surface area contributed by atoms with Crippen molar-refractivity contribution in [3.63, 3.8) is 0 Å². The molecule has 3 aromatic heterocycles. The number of hydrogen-bond acceptors (Lipinski definition) is 7. The van der Waals surface area contributed by atoms with Gasteiger partial charge in [0.15, 0.2) is 5.65 Å². The molecule has 1 aromatic carbocycles. The van der Waals surface area contributed by atoms with Crippen LogP contribution < -0.4 is 10.2 Å². The number of aromatic nitrogens is 5. The zero-order chi connectivity index (χ0) is 20.7. The fourth-order valence-corrected chi connectivity index (χ4v) is 4.57. The molecule has 1 saturated heterocycles. The molecular weight excluding hydrogens is 425 g/mol. The summed E-state index contributed by atoms with van der Waals surface area (Å²) in [6, 6.07) is 8.78. The highest BCUT2D eigenvalue weighted by Gasteiger charge is 2.22.